The number of ether oxygens (including phenoxy) is 1. The van der Waals surface area contributed by atoms with Gasteiger partial charge in [-0.05, 0) is 125 Å². The topological polar surface area (TPSA) is 231 Å². The van der Waals surface area contributed by atoms with Crippen molar-refractivity contribution in [2.24, 2.45) is 15.3 Å². The number of nitrogens with zero attached hydrogens (tertiary/aromatic N) is 5. The lowest BCUT2D eigenvalue weighted by molar-refractivity contribution is 0.148. The van der Waals surface area contributed by atoms with Gasteiger partial charge >= 0.3 is 23.2 Å². The quantitative estimate of drug-likeness (QED) is 0.0246. The van der Waals surface area contributed by atoms with Gasteiger partial charge in [0.25, 0.3) is 0 Å². The predicted octanol–water partition coefficient (Wildman–Crippen LogP) is 5.88. The second-order valence-electron chi connectivity index (χ2n) is 12.6. The third-order valence-corrected chi connectivity index (χ3v) is 14.3. The first-order chi connectivity index (χ1) is 28.0. The van der Waals surface area contributed by atoms with Gasteiger partial charge in [0.05, 0.1) is 32.9 Å². The maximum absolute atomic E-state index is 11.9. The van der Waals surface area contributed by atoms with E-state index in [1.807, 2.05) is 50.6 Å². The molecule has 0 heterocycles. The number of hydrogen-bond donors (Lipinski definition) is 4. The molecule has 0 aliphatic heterocycles. The summed E-state index contributed by atoms with van der Waals surface area (Å²) in [5, 5.41) is 35.3. The molecule has 0 saturated carbocycles. The van der Waals surface area contributed by atoms with Crippen molar-refractivity contribution in [1.82, 2.24) is 5.32 Å². The van der Waals surface area contributed by atoms with Crippen LogP contribution in [0.4, 0.5) is 27.5 Å². The SMILES string of the molecule is CCO[Si](C)(CCCN=C=O)OCC.CCO[Si](C)(CCCNC(=O)OCCN(CCO)c1ccc(N=O)cc1)OCC.O=Nc1ccc(N(CCO)CCO)cc1. The number of benzene rings is 2. The number of nitroso groups, excluding NO2 is 2. The number of aliphatic hydroxyl groups excluding tert-OH is 3. The Balaban J connectivity index is 0.000000937. The molecule has 0 atom stereocenters. The van der Waals surface area contributed by atoms with Crippen molar-refractivity contribution in [3.05, 3.63) is 58.3 Å². The number of alkyl carbamates (subject to hydrolysis) is 1. The molecule has 0 aliphatic rings. The van der Waals surface area contributed by atoms with E-state index in [2.05, 4.69) is 20.7 Å². The van der Waals surface area contributed by atoms with Crippen molar-refractivity contribution in [2.45, 2.75) is 65.7 Å². The molecule has 0 fully saturated rings. The van der Waals surface area contributed by atoms with Crippen molar-refractivity contribution >= 4 is 52.0 Å². The largest absolute Gasteiger partial charge is 0.448 e. The summed E-state index contributed by atoms with van der Waals surface area (Å²) >= 11 is 0. The minimum atomic E-state index is -2.16. The molecule has 0 bridgehead atoms. The molecule has 0 saturated heterocycles. The fraction of sp³-hybridized carbons (Fsp3) is 0.632. The summed E-state index contributed by atoms with van der Waals surface area (Å²) in [4.78, 5) is 49.6. The van der Waals surface area contributed by atoms with E-state index in [-0.39, 0.29) is 26.4 Å². The van der Waals surface area contributed by atoms with E-state index in [1.165, 1.54) is 6.08 Å². The van der Waals surface area contributed by atoms with Gasteiger partial charge in [-0.3, -0.25) is 0 Å². The number of amides is 1. The number of hydrogen-bond acceptors (Lipinski definition) is 17. The van der Waals surface area contributed by atoms with Crippen LogP contribution in [0.5, 0.6) is 0 Å². The number of carbonyl (C=O) groups is 1. The summed E-state index contributed by atoms with van der Waals surface area (Å²) in [6.45, 7) is 17.4. The van der Waals surface area contributed by atoms with E-state index in [4.69, 9.17) is 32.7 Å². The first-order valence-electron chi connectivity index (χ1n) is 19.7. The molecule has 0 radical (unpaired) electrons. The van der Waals surface area contributed by atoms with Gasteiger partial charge in [-0.2, -0.15) is 0 Å². The zero-order chi connectivity index (χ0) is 43.5. The second kappa shape index (κ2) is 34.0. The van der Waals surface area contributed by atoms with Crippen LogP contribution in [-0.2, 0) is 27.2 Å². The van der Waals surface area contributed by atoms with Crippen molar-refractivity contribution in [3.63, 3.8) is 0 Å². The second-order valence-corrected chi connectivity index (χ2v) is 19.3. The van der Waals surface area contributed by atoms with Gasteiger partial charge < -0.3 is 52.9 Å². The Morgan fingerprint density at radius 1 is 0.672 bits per heavy atom. The Kier molecular flexibility index (Phi) is 31.6. The molecule has 2 aromatic carbocycles. The highest BCUT2D eigenvalue weighted by molar-refractivity contribution is 6.66. The summed E-state index contributed by atoms with van der Waals surface area (Å²) in [6, 6.07) is 15.0. The summed E-state index contributed by atoms with van der Waals surface area (Å²) < 4.78 is 28.0. The molecule has 4 N–H and O–H groups in total. The molecule has 58 heavy (non-hydrogen) atoms. The van der Waals surface area contributed by atoms with Crippen LogP contribution in [0.15, 0.2) is 63.9 Å². The van der Waals surface area contributed by atoms with Crippen molar-refractivity contribution in [3.8, 4) is 0 Å². The van der Waals surface area contributed by atoms with Gasteiger partial charge in [0.2, 0.25) is 6.08 Å². The molecular formula is C38H66N6O12Si2. The molecule has 0 aromatic heterocycles. The lowest BCUT2D eigenvalue weighted by Crippen LogP contribution is -2.39. The van der Waals surface area contributed by atoms with Crippen LogP contribution in [0, 0.1) is 9.81 Å². The monoisotopic (exact) mass is 854 g/mol. The van der Waals surface area contributed by atoms with Crippen molar-refractivity contribution < 1.29 is 47.3 Å². The Morgan fingerprint density at radius 3 is 1.43 bits per heavy atom. The first kappa shape index (κ1) is 54.0. The predicted molar refractivity (Wildman–Crippen MR) is 230 cm³/mol. The van der Waals surface area contributed by atoms with E-state index in [1.54, 1.807) is 48.5 Å². The normalized spacial score (nSPS) is 10.8. The van der Waals surface area contributed by atoms with Gasteiger partial charge in [-0.1, -0.05) is 0 Å². The summed E-state index contributed by atoms with van der Waals surface area (Å²) in [5.41, 5.74) is 2.37. The molecule has 0 spiro atoms. The average Bonchev–Trinajstić information content (AvgIpc) is 3.22. The number of aliphatic hydroxyl groups is 3. The molecule has 2 aromatic rings. The van der Waals surface area contributed by atoms with E-state index < -0.39 is 23.2 Å². The lowest BCUT2D eigenvalue weighted by Gasteiger charge is -2.26. The summed E-state index contributed by atoms with van der Waals surface area (Å²) in [6.07, 6.45) is 2.63. The van der Waals surface area contributed by atoms with Crippen LogP contribution in [0.1, 0.15) is 40.5 Å². The maximum Gasteiger partial charge on any atom is 0.407 e. The highest BCUT2D eigenvalue weighted by atomic mass is 28.4. The van der Waals surface area contributed by atoms with Crippen LogP contribution in [0.25, 0.3) is 0 Å². The van der Waals surface area contributed by atoms with Crippen LogP contribution < -0.4 is 15.1 Å². The van der Waals surface area contributed by atoms with Crippen LogP contribution in [0.3, 0.4) is 0 Å². The summed E-state index contributed by atoms with van der Waals surface area (Å²) in [7, 11) is -4.15. The molecule has 1 amide bonds. The third kappa shape index (κ3) is 24.7. The van der Waals surface area contributed by atoms with Gasteiger partial charge in [-0.15, -0.1) is 9.81 Å². The number of aliphatic imine (C=N–C) groups is 1. The molecule has 328 valence electrons. The number of rotatable bonds is 29. The number of isocyanates is 1. The van der Waals surface area contributed by atoms with E-state index in [0.717, 1.165) is 36.3 Å². The minimum absolute atomic E-state index is 0.0215. The van der Waals surface area contributed by atoms with Gasteiger partial charge in [0.15, 0.2) is 0 Å². The third-order valence-electron chi connectivity index (χ3n) is 8.19. The van der Waals surface area contributed by atoms with Crippen molar-refractivity contribution in [1.29, 1.82) is 0 Å². The summed E-state index contributed by atoms with van der Waals surface area (Å²) in [5.74, 6) is 0. The van der Waals surface area contributed by atoms with Gasteiger partial charge in [0.1, 0.15) is 18.0 Å². The Labute approximate surface area is 345 Å². The highest BCUT2D eigenvalue weighted by Gasteiger charge is 2.30. The lowest BCUT2D eigenvalue weighted by atomic mass is 10.2. The Hall–Kier alpha value is -3.96. The van der Waals surface area contributed by atoms with E-state index in [0.29, 0.717) is 77.1 Å². The molecular weight excluding hydrogens is 789 g/mol. The number of anilines is 2. The molecule has 0 aliphatic carbocycles. The maximum atomic E-state index is 11.9. The van der Waals surface area contributed by atoms with Crippen LogP contribution in [-0.4, -0.2) is 137 Å². The fourth-order valence-corrected chi connectivity index (χ4v) is 10.4. The van der Waals surface area contributed by atoms with Crippen molar-refractivity contribution in [2.75, 3.05) is 102 Å². The van der Waals surface area contributed by atoms with Gasteiger partial charge in [0, 0.05) is 64.0 Å². The van der Waals surface area contributed by atoms with Crippen LogP contribution in [0.2, 0.25) is 25.2 Å². The van der Waals surface area contributed by atoms with E-state index in [9.17, 15) is 24.5 Å². The number of carbonyl (C=O) groups excluding carboxylic acids is 2. The fourth-order valence-electron chi connectivity index (χ4n) is 5.57. The zero-order valence-electron chi connectivity index (χ0n) is 35.1. The highest BCUT2D eigenvalue weighted by Crippen LogP contribution is 2.21. The zero-order valence-corrected chi connectivity index (χ0v) is 37.1. The Bertz CT molecular complexity index is 1390. The number of nitrogens with one attached hydrogen (secondary N) is 1. The molecule has 20 heteroatoms. The molecule has 18 nitrogen and oxygen atoms in total. The smallest absolute Gasteiger partial charge is 0.407 e. The molecule has 2 rings (SSSR count). The van der Waals surface area contributed by atoms with E-state index >= 15 is 0 Å². The average molecular weight is 855 g/mol. The first-order valence-corrected chi connectivity index (χ1v) is 24.7. The minimum Gasteiger partial charge on any atom is -0.448 e. The van der Waals surface area contributed by atoms with Gasteiger partial charge in [-0.25, -0.2) is 14.6 Å². The Morgan fingerprint density at radius 2 is 1.07 bits per heavy atom. The van der Waals surface area contributed by atoms with Crippen LogP contribution >= 0.6 is 0 Å². The molecule has 0 unspecified atom stereocenters. The standard InChI is InChI=1S/C19H33N3O6Si.C10H14N2O3.C9H19NO3Si/c1-4-27-29(3,28-5-2)16-6-11-20-19(24)26-15-13-22(12-14-23)18-9-7-17(21-25)8-10-18;13-7-5-12(6-8-14)10-3-1-9(11-15)2-4-10;1-4-12-14(3,13-5-2)8-6-7-10-9-11/h7-10,23H,4-6,11-16H2,1-3H3,(H,20,24);1-4,13-14H,5-8H2;4-8H2,1-3H3.